The monoisotopic (exact) mass is 336 g/mol. The molecule has 0 amide bonds. The van der Waals surface area contributed by atoms with E-state index in [0.29, 0.717) is 34.7 Å². The molecule has 1 atom stereocenters. The summed E-state index contributed by atoms with van der Waals surface area (Å²) in [5, 5.41) is 6.41. The number of hydrogen-bond acceptors (Lipinski definition) is 5. The van der Waals surface area contributed by atoms with Gasteiger partial charge in [-0.05, 0) is 43.8 Å². The largest absolute Gasteiger partial charge is 0.493 e. The van der Waals surface area contributed by atoms with E-state index < -0.39 is 6.04 Å². The van der Waals surface area contributed by atoms with Crippen LogP contribution in [-0.2, 0) is 9.53 Å². The zero-order valence-electron chi connectivity index (χ0n) is 13.6. The van der Waals surface area contributed by atoms with Crippen molar-refractivity contribution in [2.45, 2.75) is 19.9 Å². The molecule has 2 rings (SSSR count). The predicted molar refractivity (Wildman–Crippen MR) is 90.5 cm³/mol. The summed E-state index contributed by atoms with van der Waals surface area (Å²) in [6, 6.07) is 5.05. The second-order valence-corrected chi connectivity index (χ2v) is 5.29. The van der Waals surface area contributed by atoms with Gasteiger partial charge in [0, 0.05) is 0 Å². The SMILES string of the molecule is CCOC1=C(C(C)=O)C(c2ccc(OC)c(OC)c2)NC(=S)N1. The van der Waals surface area contributed by atoms with Crippen LogP contribution < -0.4 is 20.1 Å². The van der Waals surface area contributed by atoms with Gasteiger partial charge in [-0.25, -0.2) is 0 Å². The molecular weight excluding hydrogens is 316 g/mol. The van der Waals surface area contributed by atoms with Crippen LogP contribution in [0.3, 0.4) is 0 Å². The van der Waals surface area contributed by atoms with Gasteiger partial charge in [-0.2, -0.15) is 0 Å². The van der Waals surface area contributed by atoms with Crippen molar-refractivity contribution >= 4 is 23.1 Å². The Balaban J connectivity index is 2.52. The highest BCUT2D eigenvalue weighted by Crippen LogP contribution is 2.34. The first-order valence-electron chi connectivity index (χ1n) is 7.19. The van der Waals surface area contributed by atoms with Crippen LogP contribution in [0.2, 0.25) is 0 Å². The van der Waals surface area contributed by atoms with Crippen molar-refractivity contribution in [1.82, 2.24) is 10.6 Å². The molecule has 1 aromatic carbocycles. The maximum atomic E-state index is 12.1. The lowest BCUT2D eigenvalue weighted by atomic mass is 9.94. The molecule has 6 nitrogen and oxygen atoms in total. The van der Waals surface area contributed by atoms with E-state index in [1.54, 1.807) is 20.3 Å². The number of Topliss-reactive ketones (excluding diaryl/α,β-unsaturated/α-hetero) is 1. The average molecular weight is 336 g/mol. The summed E-state index contributed by atoms with van der Waals surface area (Å²) in [5.41, 5.74) is 1.32. The third-order valence-corrected chi connectivity index (χ3v) is 3.66. The van der Waals surface area contributed by atoms with Crippen LogP contribution in [0.4, 0.5) is 0 Å². The Labute approximate surface area is 140 Å². The fraction of sp³-hybridized carbons (Fsp3) is 0.375. The highest BCUT2D eigenvalue weighted by molar-refractivity contribution is 7.80. The maximum Gasteiger partial charge on any atom is 0.202 e. The van der Waals surface area contributed by atoms with Gasteiger partial charge in [-0.3, -0.25) is 4.79 Å². The van der Waals surface area contributed by atoms with Crippen molar-refractivity contribution in [3.8, 4) is 11.5 Å². The smallest absolute Gasteiger partial charge is 0.202 e. The van der Waals surface area contributed by atoms with Crippen molar-refractivity contribution in [1.29, 1.82) is 0 Å². The number of carbonyl (C=O) groups is 1. The molecule has 2 N–H and O–H groups in total. The first-order chi connectivity index (χ1) is 11.0. The Morgan fingerprint density at radius 2 is 1.96 bits per heavy atom. The van der Waals surface area contributed by atoms with Gasteiger partial charge >= 0.3 is 0 Å². The number of benzene rings is 1. The van der Waals surface area contributed by atoms with Crippen LogP contribution >= 0.6 is 12.2 Å². The molecule has 0 fully saturated rings. The van der Waals surface area contributed by atoms with E-state index in [1.165, 1.54) is 6.92 Å². The number of rotatable bonds is 6. The van der Waals surface area contributed by atoms with Crippen LogP contribution in [0.5, 0.6) is 11.5 Å². The summed E-state index contributed by atoms with van der Waals surface area (Å²) >= 11 is 5.22. The second kappa shape index (κ2) is 7.32. The van der Waals surface area contributed by atoms with E-state index in [4.69, 9.17) is 26.4 Å². The maximum absolute atomic E-state index is 12.1. The summed E-state index contributed by atoms with van der Waals surface area (Å²) < 4.78 is 16.1. The zero-order valence-corrected chi connectivity index (χ0v) is 14.4. The van der Waals surface area contributed by atoms with E-state index >= 15 is 0 Å². The fourth-order valence-corrected chi connectivity index (χ4v) is 2.66. The highest BCUT2D eigenvalue weighted by atomic mass is 32.1. The Kier molecular flexibility index (Phi) is 5.44. The van der Waals surface area contributed by atoms with Crippen LogP contribution in [0.25, 0.3) is 0 Å². The molecule has 23 heavy (non-hydrogen) atoms. The van der Waals surface area contributed by atoms with E-state index in [0.717, 1.165) is 5.56 Å². The van der Waals surface area contributed by atoms with E-state index in [1.807, 2.05) is 19.1 Å². The summed E-state index contributed by atoms with van der Waals surface area (Å²) in [7, 11) is 3.14. The Morgan fingerprint density at radius 3 is 2.52 bits per heavy atom. The number of carbonyl (C=O) groups excluding carboxylic acids is 1. The molecule has 7 heteroatoms. The molecule has 0 aromatic heterocycles. The molecular formula is C16H20N2O4S. The van der Waals surface area contributed by atoms with Gasteiger partial charge in [0.1, 0.15) is 0 Å². The molecule has 1 heterocycles. The molecule has 0 radical (unpaired) electrons. The number of nitrogens with one attached hydrogen (secondary N) is 2. The summed E-state index contributed by atoms with van der Waals surface area (Å²) in [4.78, 5) is 12.1. The second-order valence-electron chi connectivity index (χ2n) is 4.88. The van der Waals surface area contributed by atoms with E-state index in [-0.39, 0.29) is 5.78 Å². The van der Waals surface area contributed by atoms with Gasteiger partial charge in [0.15, 0.2) is 22.4 Å². The highest BCUT2D eigenvalue weighted by Gasteiger charge is 2.31. The fourth-order valence-electron chi connectivity index (χ4n) is 2.44. The third-order valence-electron chi connectivity index (χ3n) is 3.44. The molecule has 1 aliphatic rings. The summed E-state index contributed by atoms with van der Waals surface area (Å²) in [6.07, 6.45) is 0. The quantitative estimate of drug-likeness (QED) is 0.771. The minimum absolute atomic E-state index is 0.101. The van der Waals surface area contributed by atoms with Crippen LogP contribution in [0, 0.1) is 0 Å². The van der Waals surface area contributed by atoms with Crippen molar-refractivity contribution in [2.24, 2.45) is 0 Å². The van der Waals surface area contributed by atoms with Gasteiger partial charge in [0.25, 0.3) is 0 Å². The number of ether oxygens (including phenoxy) is 3. The van der Waals surface area contributed by atoms with E-state index in [9.17, 15) is 4.79 Å². The number of methoxy groups -OCH3 is 2. The van der Waals surface area contributed by atoms with Gasteiger partial charge in [0.2, 0.25) is 5.88 Å². The third kappa shape index (κ3) is 3.56. The number of thiocarbonyl (C=S) groups is 1. The molecule has 0 aliphatic carbocycles. The molecule has 1 aliphatic heterocycles. The Hall–Kier alpha value is -2.28. The van der Waals surface area contributed by atoms with Gasteiger partial charge < -0.3 is 24.8 Å². The standard InChI is InChI=1S/C16H20N2O4S/c1-5-22-15-13(9(2)19)14(17-16(23)18-15)10-6-7-11(20-3)12(8-10)21-4/h6-8,14H,5H2,1-4H3,(H2,17,18,23). The molecule has 124 valence electrons. The minimum atomic E-state index is -0.414. The van der Waals surface area contributed by atoms with Crippen molar-refractivity contribution < 1.29 is 19.0 Å². The predicted octanol–water partition coefficient (Wildman–Crippen LogP) is 2.06. The zero-order chi connectivity index (χ0) is 17.0. The lowest BCUT2D eigenvalue weighted by Gasteiger charge is -2.30. The van der Waals surface area contributed by atoms with Gasteiger partial charge in [-0.15, -0.1) is 0 Å². The normalized spacial score (nSPS) is 17.2. The van der Waals surface area contributed by atoms with Crippen molar-refractivity contribution in [3.63, 3.8) is 0 Å². The first-order valence-corrected chi connectivity index (χ1v) is 7.60. The number of hydrogen-bond donors (Lipinski definition) is 2. The lowest BCUT2D eigenvalue weighted by molar-refractivity contribution is -0.114. The van der Waals surface area contributed by atoms with Gasteiger partial charge in [-0.1, -0.05) is 6.07 Å². The number of ketones is 1. The van der Waals surface area contributed by atoms with Crippen molar-refractivity contribution in [2.75, 3.05) is 20.8 Å². The summed E-state index contributed by atoms with van der Waals surface area (Å²) in [5.74, 6) is 1.49. The van der Waals surface area contributed by atoms with Gasteiger partial charge in [0.05, 0.1) is 32.4 Å². The topological polar surface area (TPSA) is 68.8 Å². The Morgan fingerprint density at radius 1 is 1.26 bits per heavy atom. The molecule has 0 bridgehead atoms. The van der Waals surface area contributed by atoms with Crippen LogP contribution in [-0.4, -0.2) is 31.7 Å². The van der Waals surface area contributed by atoms with Crippen LogP contribution in [0.15, 0.2) is 29.7 Å². The van der Waals surface area contributed by atoms with E-state index in [2.05, 4.69) is 10.6 Å². The first kappa shape index (κ1) is 17.1. The molecule has 0 saturated heterocycles. The van der Waals surface area contributed by atoms with Crippen molar-refractivity contribution in [3.05, 3.63) is 35.2 Å². The summed E-state index contributed by atoms with van der Waals surface area (Å²) in [6.45, 7) is 3.78. The lowest BCUT2D eigenvalue weighted by Crippen LogP contribution is -2.45. The minimum Gasteiger partial charge on any atom is -0.493 e. The molecule has 1 unspecified atom stereocenters. The molecule has 0 spiro atoms. The van der Waals surface area contributed by atoms with Crippen LogP contribution in [0.1, 0.15) is 25.5 Å². The Bertz CT molecular complexity index is 657. The average Bonchev–Trinajstić information content (AvgIpc) is 2.53. The molecule has 0 saturated carbocycles. The molecule has 1 aromatic rings.